The van der Waals surface area contributed by atoms with Crippen LogP contribution in [0.25, 0.3) is 0 Å². The smallest absolute Gasteiger partial charge is 0.0132 e. The van der Waals surface area contributed by atoms with E-state index < -0.39 is 0 Å². The van der Waals surface area contributed by atoms with Crippen molar-refractivity contribution in [1.29, 1.82) is 0 Å². The van der Waals surface area contributed by atoms with Crippen LogP contribution < -0.4 is 10.6 Å². The maximum Gasteiger partial charge on any atom is 0.0132 e. The molecule has 154 valence electrons. The predicted molar refractivity (Wildman–Crippen MR) is 116 cm³/mol. The quantitative estimate of drug-likeness (QED) is 0.541. The van der Waals surface area contributed by atoms with E-state index in [1.807, 2.05) is 0 Å². The lowest BCUT2D eigenvalue weighted by molar-refractivity contribution is -0.0611. The highest BCUT2D eigenvalue weighted by Crippen LogP contribution is 2.57. The van der Waals surface area contributed by atoms with Crippen LogP contribution in [0.5, 0.6) is 0 Å². The lowest BCUT2D eigenvalue weighted by atomic mass is 9.51. The minimum atomic E-state index is 0.250. The molecule has 2 aliphatic heterocycles. The van der Waals surface area contributed by atoms with E-state index in [1.165, 1.54) is 51.4 Å². The molecular formula is C24H48N2. The van der Waals surface area contributed by atoms with Crippen molar-refractivity contribution in [2.45, 2.75) is 137 Å². The lowest BCUT2D eigenvalue weighted by Crippen LogP contribution is -2.61. The second-order valence-electron chi connectivity index (χ2n) is 12.0. The van der Waals surface area contributed by atoms with E-state index in [-0.39, 0.29) is 11.1 Å². The van der Waals surface area contributed by atoms with Crippen molar-refractivity contribution in [3.05, 3.63) is 0 Å². The number of rotatable bonds is 6. The van der Waals surface area contributed by atoms with Crippen molar-refractivity contribution in [2.24, 2.45) is 16.7 Å². The summed E-state index contributed by atoms with van der Waals surface area (Å²) in [7, 11) is 0. The third kappa shape index (κ3) is 5.25. The third-order valence-corrected chi connectivity index (χ3v) is 7.29. The van der Waals surface area contributed by atoms with E-state index in [2.05, 4.69) is 72.9 Å². The number of unbranched alkanes of at least 4 members (excludes halogenated alkanes) is 2. The van der Waals surface area contributed by atoms with Gasteiger partial charge in [-0.2, -0.15) is 0 Å². The molecular weight excluding hydrogens is 316 g/mol. The zero-order chi connectivity index (χ0) is 19.8. The molecule has 0 spiro atoms. The maximum atomic E-state index is 3.86. The Morgan fingerprint density at radius 3 is 1.54 bits per heavy atom. The third-order valence-electron chi connectivity index (χ3n) is 7.29. The molecule has 0 radical (unpaired) electrons. The van der Waals surface area contributed by atoms with E-state index in [0.717, 1.165) is 5.92 Å². The maximum absolute atomic E-state index is 3.86. The summed E-state index contributed by atoms with van der Waals surface area (Å²) >= 11 is 0. The van der Waals surface area contributed by atoms with Crippen LogP contribution in [0, 0.1) is 16.7 Å². The average molecular weight is 365 g/mol. The molecule has 2 rings (SSSR count). The van der Waals surface area contributed by atoms with E-state index in [4.69, 9.17) is 0 Å². The van der Waals surface area contributed by atoms with Gasteiger partial charge in [0.1, 0.15) is 0 Å². The minimum absolute atomic E-state index is 0.250. The van der Waals surface area contributed by atoms with Crippen LogP contribution in [-0.2, 0) is 0 Å². The molecule has 0 amide bonds. The molecule has 2 heterocycles. The summed E-state index contributed by atoms with van der Waals surface area (Å²) in [6, 6.07) is 1.24. The standard InChI is InChI=1S/C24H48N2/c1-10-11-12-13-20(23(8)14-18(2)25-21(4,5)16-23)24(9)15-19(3)26-22(6,7)17-24/h18-20,25-26H,10-17H2,1-9H3. The first-order valence-corrected chi connectivity index (χ1v) is 11.4. The van der Waals surface area contributed by atoms with Crippen molar-refractivity contribution in [3.63, 3.8) is 0 Å². The molecule has 2 fully saturated rings. The van der Waals surface area contributed by atoms with Gasteiger partial charge in [0.25, 0.3) is 0 Å². The fraction of sp³-hybridized carbons (Fsp3) is 1.00. The van der Waals surface area contributed by atoms with Crippen molar-refractivity contribution in [1.82, 2.24) is 10.6 Å². The summed E-state index contributed by atoms with van der Waals surface area (Å²) < 4.78 is 0. The van der Waals surface area contributed by atoms with Crippen LogP contribution in [0.1, 0.15) is 114 Å². The van der Waals surface area contributed by atoms with Gasteiger partial charge in [0, 0.05) is 23.2 Å². The molecule has 0 aromatic heterocycles. The molecule has 0 bridgehead atoms. The Kier molecular flexibility index (Phi) is 6.61. The minimum Gasteiger partial charge on any atom is -0.309 e. The zero-order valence-electron chi connectivity index (χ0n) is 19.4. The fourth-order valence-corrected chi connectivity index (χ4v) is 7.77. The van der Waals surface area contributed by atoms with Crippen LogP contribution in [0.2, 0.25) is 0 Å². The van der Waals surface area contributed by atoms with Crippen LogP contribution in [0.15, 0.2) is 0 Å². The summed E-state index contributed by atoms with van der Waals surface area (Å²) in [6.07, 6.45) is 10.8. The predicted octanol–water partition coefficient (Wildman–Crippen LogP) is 6.30. The summed E-state index contributed by atoms with van der Waals surface area (Å²) in [6.45, 7) is 22.1. The van der Waals surface area contributed by atoms with Crippen LogP contribution in [-0.4, -0.2) is 23.2 Å². The van der Waals surface area contributed by atoms with E-state index in [9.17, 15) is 0 Å². The number of piperidine rings is 2. The van der Waals surface area contributed by atoms with E-state index >= 15 is 0 Å². The topological polar surface area (TPSA) is 24.1 Å². The second kappa shape index (κ2) is 7.74. The highest BCUT2D eigenvalue weighted by molar-refractivity contribution is 5.07. The van der Waals surface area contributed by atoms with Gasteiger partial charge < -0.3 is 10.6 Å². The lowest BCUT2D eigenvalue weighted by Gasteiger charge is -2.59. The van der Waals surface area contributed by atoms with Gasteiger partial charge in [-0.1, -0.05) is 40.0 Å². The first-order chi connectivity index (χ1) is 11.8. The molecule has 2 saturated heterocycles. The summed E-state index contributed by atoms with van der Waals surface area (Å²) in [5, 5.41) is 7.72. The molecule has 0 aromatic carbocycles. The molecule has 0 saturated carbocycles. The average Bonchev–Trinajstić information content (AvgIpc) is 2.37. The van der Waals surface area contributed by atoms with Crippen molar-refractivity contribution in [2.75, 3.05) is 0 Å². The first-order valence-electron chi connectivity index (χ1n) is 11.4. The van der Waals surface area contributed by atoms with Crippen LogP contribution >= 0.6 is 0 Å². The van der Waals surface area contributed by atoms with Crippen molar-refractivity contribution < 1.29 is 0 Å². The van der Waals surface area contributed by atoms with E-state index in [1.54, 1.807) is 0 Å². The molecule has 2 N–H and O–H groups in total. The Morgan fingerprint density at radius 1 is 0.769 bits per heavy atom. The van der Waals surface area contributed by atoms with Gasteiger partial charge in [-0.3, -0.25) is 0 Å². The van der Waals surface area contributed by atoms with Gasteiger partial charge in [-0.15, -0.1) is 0 Å². The number of nitrogens with one attached hydrogen (secondary N) is 2. The van der Waals surface area contributed by atoms with Gasteiger partial charge in [-0.25, -0.2) is 0 Å². The largest absolute Gasteiger partial charge is 0.309 e. The Bertz CT molecular complexity index is 431. The van der Waals surface area contributed by atoms with Gasteiger partial charge >= 0.3 is 0 Å². The SMILES string of the molecule is CCCCCC(C1(C)CC(C)NC(C)(C)C1)C1(C)CC(C)NC(C)(C)C1. The van der Waals surface area contributed by atoms with Crippen LogP contribution in [0.4, 0.5) is 0 Å². The number of hydrogen-bond donors (Lipinski definition) is 2. The molecule has 0 aliphatic carbocycles. The highest BCUT2D eigenvalue weighted by atomic mass is 15.0. The highest BCUT2D eigenvalue weighted by Gasteiger charge is 2.53. The van der Waals surface area contributed by atoms with Gasteiger partial charge in [0.2, 0.25) is 0 Å². The molecule has 2 heteroatoms. The first kappa shape index (κ1) is 22.2. The molecule has 0 aromatic rings. The zero-order valence-corrected chi connectivity index (χ0v) is 19.4. The molecule has 4 atom stereocenters. The van der Waals surface area contributed by atoms with E-state index in [0.29, 0.717) is 22.9 Å². The Hall–Kier alpha value is -0.0800. The second-order valence-corrected chi connectivity index (χ2v) is 12.0. The Labute approximate surface area is 164 Å². The Balaban J connectivity index is 2.35. The normalized spacial score (nSPS) is 41.0. The monoisotopic (exact) mass is 364 g/mol. The fourth-order valence-electron chi connectivity index (χ4n) is 7.77. The summed E-state index contributed by atoms with van der Waals surface area (Å²) in [5.74, 6) is 0.814. The molecule has 26 heavy (non-hydrogen) atoms. The Morgan fingerprint density at radius 2 is 1.19 bits per heavy atom. The molecule has 2 nitrogen and oxygen atoms in total. The van der Waals surface area contributed by atoms with Crippen LogP contribution in [0.3, 0.4) is 0 Å². The van der Waals surface area contributed by atoms with Gasteiger partial charge in [-0.05, 0) is 90.4 Å². The molecule has 4 unspecified atom stereocenters. The van der Waals surface area contributed by atoms with Gasteiger partial charge in [0.15, 0.2) is 0 Å². The summed E-state index contributed by atoms with van der Waals surface area (Å²) in [5.41, 5.74) is 1.37. The van der Waals surface area contributed by atoms with Crippen molar-refractivity contribution >= 4 is 0 Å². The summed E-state index contributed by atoms with van der Waals surface area (Å²) in [4.78, 5) is 0. The van der Waals surface area contributed by atoms with Gasteiger partial charge in [0.05, 0.1) is 0 Å². The van der Waals surface area contributed by atoms with Crippen molar-refractivity contribution in [3.8, 4) is 0 Å². The number of hydrogen-bond acceptors (Lipinski definition) is 2. The molecule has 2 aliphatic rings.